The van der Waals surface area contributed by atoms with Crippen LogP contribution in [0.4, 0.5) is 0 Å². The van der Waals surface area contributed by atoms with E-state index < -0.39 is 10.0 Å². The highest BCUT2D eigenvalue weighted by atomic mass is 35.5. The Balaban J connectivity index is 0.00000225. The van der Waals surface area contributed by atoms with Gasteiger partial charge in [-0.25, -0.2) is 8.42 Å². The fraction of sp³-hybridized carbons (Fsp3) is 0.571. The Morgan fingerprint density at radius 2 is 2.12 bits per heavy atom. The summed E-state index contributed by atoms with van der Waals surface area (Å²) >= 11 is 3.08. The molecular weight excluding hydrogens is 404 g/mol. The van der Waals surface area contributed by atoms with Crippen LogP contribution in [-0.4, -0.2) is 60.5 Å². The van der Waals surface area contributed by atoms with Crippen LogP contribution in [0, 0.1) is 0 Å². The van der Waals surface area contributed by atoms with Crippen LogP contribution in [0.2, 0.25) is 0 Å². The van der Waals surface area contributed by atoms with E-state index in [1.807, 2.05) is 14.0 Å². The minimum atomic E-state index is -3.53. The van der Waals surface area contributed by atoms with Gasteiger partial charge in [0.2, 0.25) is 10.0 Å². The van der Waals surface area contributed by atoms with E-state index in [4.69, 9.17) is 4.52 Å². The summed E-state index contributed by atoms with van der Waals surface area (Å²) in [6, 6.07) is 1.84. The van der Waals surface area contributed by atoms with Crippen molar-refractivity contribution in [3.8, 4) is 10.8 Å². The lowest BCUT2D eigenvalue weighted by Gasteiger charge is -2.25. The average Bonchev–Trinajstić information content (AvgIpc) is 3.24. The Hall–Kier alpha value is -0.650. The molecule has 3 rings (SSSR count). The molecule has 1 fully saturated rings. The van der Waals surface area contributed by atoms with E-state index >= 15 is 0 Å². The molecule has 11 heteroatoms. The molecule has 1 unspecified atom stereocenters. The maximum atomic E-state index is 12.9. The second-order valence-electron chi connectivity index (χ2n) is 5.54. The number of thioether (sulfide) groups is 1. The Morgan fingerprint density at radius 3 is 2.80 bits per heavy atom. The van der Waals surface area contributed by atoms with Gasteiger partial charge in [0.25, 0.3) is 5.89 Å². The summed E-state index contributed by atoms with van der Waals surface area (Å²) in [4.78, 5) is 5.14. The first-order chi connectivity index (χ1) is 11.5. The number of aromatic nitrogens is 2. The van der Waals surface area contributed by atoms with Crippen molar-refractivity contribution in [1.29, 1.82) is 0 Å². The smallest absolute Gasteiger partial charge is 0.269 e. The van der Waals surface area contributed by atoms with Crippen LogP contribution in [0.3, 0.4) is 0 Å². The van der Waals surface area contributed by atoms with Crippen LogP contribution in [0.1, 0.15) is 12.7 Å². The molecule has 140 valence electrons. The van der Waals surface area contributed by atoms with Gasteiger partial charge in [0.15, 0.2) is 5.82 Å². The molecule has 1 N–H and O–H groups in total. The van der Waals surface area contributed by atoms with E-state index in [-0.39, 0.29) is 29.2 Å². The minimum Gasteiger partial charge on any atom is -0.333 e. The molecule has 1 aliphatic heterocycles. The lowest BCUT2D eigenvalue weighted by molar-refractivity contribution is 0.417. The van der Waals surface area contributed by atoms with E-state index in [1.165, 1.54) is 15.6 Å². The molecule has 7 nitrogen and oxygen atoms in total. The Kier molecular flexibility index (Phi) is 7.29. The molecule has 0 aromatic carbocycles. The van der Waals surface area contributed by atoms with Crippen molar-refractivity contribution in [2.24, 2.45) is 0 Å². The molecule has 1 atom stereocenters. The zero-order valence-electron chi connectivity index (χ0n) is 14.0. The normalized spacial score (nSPS) is 17.2. The van der Waals surface area contributed by atoms with Crippen LogP contribution in [-0.2, 0) is 16.4 Å². The number of rotatable bonds is 6. The van der Waals surface area contributed by atoms with E-state index in [0.29, 0.717) is 30.2 Å². The van der Waals surface area contributed by atoms with Gasteiger partial charge in [-0.3, -0.25) is 0 Å². The van der Waals surface area contributed by atoms with E-state index in [1.54, 1.807) is 23.2 Å². The highest BCUT2D eigenvalue weighted by molar-refractivity contribution is 7.99. The van der Waals surface area contributed by atoms with Gasteiger partial charge < -0.3 is 9.84 Å². The fourth-order valence-corrected chi connectivity index (χ4v) is 6.28. The highest BCUT2D eigenvalue weighted by Gasteiger charge is 2.31. The van der Waals surface area contributed by atoms with Gasteiger partial charge in [-0.15, -0.1) is 23.7 Å². The summed E-state index contributed by atoms with van der Waals surface area (Å²) in [5, 5.41) is 8.83. The van der Waals surface area contributed by atoms with Crippen molar-refractivity contribution in [3.05, 3.63) is 17.3 Å². The number of sulfonamides is 1. The standard InChI is InChI=1S/C14H20N4O3S3.ClH/c1-10(15-2)9-12-16-14(21-17-12)13-11(3-6-23-13)24(19,20)18-4-7-22-8-5-18;/h3,6,10,15H,4-5,7-9H2,1-2H3;1H. The van der Waals surface area contributed by atoms with Crippen LogP contribution in [0.25, 0.3) is 10.8 Å². The minimum absolute atomic E-state index is 0. The third-order valence-corrected chi connectivity index (χ3v) is 7.78. The summed E-state index contributed by atoms with van der Waals surface area (Å²) in [6.45, 7) is 3.10. The first-order valence-electron chi connectivity index (χ1n) is 7.68. The molecule has 0 aliphatic carbocycles. The van der Waals surface area contributed by atoms with Crippen LogP contribution in [0.15, 0.2) is 20.9 Å². The summed E-state index contributed by atoms with van der Waals surface area (Å²) in [7, 11) is -1.66. The third-order valence-electron chi connectivity index (χ3n) is 3.86. The SMILES string of the molecule is CNC(C)Cc1noc(-c2sccc2S(=O)(=O)N2CCSCC2)n1.Cl. The number of hydrogen-bond acceptors (Lipinski definition) is 8. The van der Waals surface area contributed by atoms with Gasteiger partial charge in [-0.05, 0) is 25.4 Å². The first-order valence-corrected chi connectivity index (χ1v) is 11.2. The number of likely N-dealkylation sites (N-methyl/N-ethyl adjacent to an activating group) is 1. The van der Waals surface area contributed by atoms with Crippen molar-refractivity contribution < 1.29 is 12.9 Å². The van der Waals surface area contributed by atoms with Crippen LogP contribution in [0.5, 0.6) is 0 Å². The zero-order valence-corrected chi connectivity index (χ0v) is 17.2. The molecule has 0 amide bonds. The summed E-state index contributed by atoms with van der Waals surface area (Å²) in [5.41, 5.74) is 0. The molecule has 0 spiro atoms. The Bertz CT molecular complexity index is 787. The lowest BCUT2D eigenvalue weighted by atomic mass is 10.2. The summed E-state index contributed by atoms with van der Waals surface area (Å²) in [5.74, 6) is 2.49. The molecule has 1 aliphatic rings. The third kappa shape index (κ3) is 4.55. The highest BCUT2D eigenvalue weighted by Crippen LogP contribution is 2.34. The predicted octanol–water partition coefficient (Wildman–Crippen LogP) is 2.11. The molecule has 0 saturated carbocycles. The largest absolute Gasteiger partial charge is 0.333 e. The number of nitrogens with zero attached hydrogens (tertiary/aromatic N) is 3. The molecule has 0 radical (unpaired) electrons. The number of halogens is 1. The van der Waals surface area contributed by atoms with Gasteiger partial charge in [0, 0.05) is 37.1 Å². The Labute approximate surface area is 162 Å². The number of hydrogen-bond donors (Lipinski definition) is 1. The summed E-state index contributed by atoms with van der Waals surface area (Å²) < 4.78 is 32.6. The molecule has 2 aromatic heterocycles. The monoisotopic (exact) mass is 424 g/mol. The van der Waals surface area contributed by atoms with Gasteiger partial charge in [-0.2, -0.15) is 21.1 Å². The van der Waals surface area contributed by atoms with E-state index in [9.17, 15) is 8.42 Å². The second kappa shape index (κ2) is 8.83. The van der Waals surface area contributed by atoms with Crippen molar-refractivity contribution >= 4 is 45.5 Å². The maximum Gasteiger partial charge on any atom is 0.269 e. The maximum absolute atomic E-state index is 12.9. The van der Waals surface area contributed by atoms with E-state index in [2.05, 4.69) is 15.5 Å². The molecule has 0 bridgehead atoms. The predicted molar refractivity (Wildman–Crippen MR) is 103 cm³/mol. The number of thiophene rings is 1. The molecule has 25 heavy (non-hydrogen) atoms. The Morgan fingerprint density at radius 1 is 1.40 bits per heavy atom. The molecule has 2 aromatic rings. The van der Waals surface area contributed by atoms with Crippen LogP contribution >= 0.6 is 35.5 Å². The van der Waals surface area contributed by atoms with Crippen molar-refractivity contribution in [2.45, 2.75) is 24.3 Å². The first kappa shape index (κ1) is 20.7. The van der Waals surface area contributed by atoms with Gasteiger partial charge in [0.05, 0.1) is 0 Å². The molecule has 1 saturated heterocycles. The zero-order chi connectivity index (χ0) is 17.2. The lowest BCUT2D eigenvalue weighted by Crippen LogP contribution is -2.37. The van der Waals surface area contributed by atoms with Gasteiger partial charge in [-0.1, -0.05) is 5.16 Å². The average molecular weight is 425 g/mol. The van der Waals surface area contributed by atoms with Crippen molar-refractivity contribution in [3.63, 3.8) is 0 Å². The topological polar surface area (TPSA) is 88.3 Å². The fourth-order valence-electron chi connectivity index (χ4n) is 2.39. The number of nitrogens with one attached hydrogen (secondary N) is 1. The summed E-state index contributed by atoms with van der Waals surface area (Å²) in [6.07, 6.45) is 0.622. The van der Waals surface area contributed by atoms with Crippen molar-refractivity contribution in [1.82, 2.24) is 19.8 Å². The van der Waals surface area contributed by atoms with Gasteiger partial charge >= 0.3 is 0 Å². The second-order valence-corrected chi connectivity index (χ2v) is 9.59. The van der Waals surface area contributed by atoms with E-state index in [0.717, 1.165) is 11.5 Å². The molecule has 3 heterocycles. The molecular formula is C14H21ClN4O3S3. The van der Waals surface area contributed by atoms with Gasteiger partial charge in [0.1, 0.15) is 9.77 Å². The van der Waals surface area contributed by atoms with Crippen LogP contribution < -0.4 is 5.32 Å². The van der Waals surface area contributed by atoms with Crippen molar-refractivity contribution in [2.75, 3.05) is 31.6 Å². The quantitative estimate of drug-likeness (QED) is 0.759.